The molecule has 3 nitrogen and oxygen atoms in total. The number of nitrogens with one attached hydrogen (secondary N) is 1. The molecule has 3 unspecified atom stereocenters. The molecule has 0 radical (unpaired) electrons. The summed E-state index contributed by atoms with van der Waals surface area (Å²) in [6.45, 7) is 9.74. The smallest absolute Gasteiger partial charge is 0.0828 e. The predicted molar refractivity (Wildman–Crippen MR) is 79.4 cm³/mol. The van der Waals surface area contributed by atoms with E-state index >= 15 is 0 Å². The summed E-state index contributed by atoms with van der Waals surface area (Å²) in [5.74, 6) is 2.49. The second kappa shape index (κ2) is 4.69. The number of hydrogen-bond donors (Lipinski definition) is 1. The van der Waals surface area contributed by atoms with Gasteiger partial charge in [0.15, 0.2) is 0 Å². The Morgan fingerprint density at radius 2 is 2.11 bits per heavy atom. The summed E-state index contributed by atoms with van der Waals surface area (Å²) in [4.78, 5) is 0. The lowest BCUT2D eigenvalue weighted by Crippen LogP contribution is -2.18. The molecule has 1 heterocycles. The molecule has 0 amide bonds. The second-order valence-electron chi connectivity index (χ2n) is 6.51. The molecule has 2 aliphatic carbocycles. The van der Waals surface area contributed by atoms with Crippen molar-refractivity contribution in [1.29, 1.82) is 0 Å². The lowest BCUT2D eigenvalue weighted by molar-refractivity contribution is 0.471. The lowest BCUT2D eigenvalue weighted by Gasteiger charge is -2.19. The fraction of sp³-hybridized carbons (Fsp3) is 0.688. The van der Waals surface area contributed by atoms with Crippen LogP contribution in [0, 0.1) is 31.6 Å². The third-order valence-corrected chi connectivity index (χ3v) is 4.77. The Labute approximate surface area is 116 Å². The third-order valence-electron chi connectivity index (χ3n) is 4.77. The quantitative estimate of drug-likeness (QED) is 0.835. The molecule has 0 aromatic carbocycles. The fourth-order valence-corrected chi connectivity index (χ4v) is 3.78. The van der Waals surface area contributed by atoms with Gasteiger partial charge in [-0.25, -0.2) is 0 Å². The van der Waals surface area contributed by atoms with Crippen LogP contribution in [0.4, 0.5) is 5.69 Å². The second-order valence-corrected chi connectivity index (χ2v) is 6.51. The van der Waals surface area contributed by atoms with Crippen LogP contribution in [0.5, 0.6) is 0 Å². The molecular formula is C16H25N3. The molecule has 104 valence electrons. The summed E-state index contributed by atoms with van der Waals surface area (Å²) in [7, 11) is 0. The summed E-state index contributed by atoms with van der Waals surface area (Å²) >= 11 is 0. The van der Waals surface area contributed by atoms with Crippen molar-refractivity contribution in [2.45, 2.75) is 46.6 Å². The zero-order chi connectivity index (χ0) is 13.6. The highest BCUT2D eigenvalue weighted by Gasteiger charge is 2.35. The molecule has 3 rings (SSSR count). The van der Waals surface area contributed by atoms with Gasteiger partial charge in [0, 0.05) is 12.6 Å². The normalized spacial score (nSPS) is 28.6. The van der Waals surface area contributed by atoms with Crippen molar-refractivity contribution in [2.24, 2.45) is 17.8 Å². The van der Waals surface area contributed by atoms with Gasteiger partial charge in [0.1, 0.15) is 0 Å². The predicted octanol–water partition coefficient (Wildman–Crippen LogP) is 3.70. The van der Waals surface area contributed by atoms with Crippen LogP contribution in [0.15, 0.2) is 12.2 Å². The standard InChI is InChI=1S/C16H25N3/c1-10(2)19-12(4)16(11(3)18-19)17-9-15-8-13-5-6-14(15)7-13/h5-6,10,13-15,17H,7-9H2,1-4H3. The molecule has 1 fully saturated rings. The minimum atomic E-state index is 0.430. The van der Waals surface area contributed by atoms with Crippen molar-refractivity contribution in [3.8, 4) is 0 Å². The van der Waals surface area contributed by atoms with Gasteiger partial charge in [0.25, 0.3) is 0 Å². The largest absolute Gasteiger partial charge is 0.382 e. The molecule has 0 spiro atoms. The number of aromatic nitrogens is 2. The van der Waals surface area contributed by atoms with E-state index in [0.29, 0.717) is 6.04 Å². The fourth-order valence-electron chi connectivity index (χ4n) is 3.78. The van der Waals surface area contributed by atoms with Crippen LogP contribution in [0.3, 0.4) is 0 Å². The highest BCUT2D eigenvalue weighted by atomic mass is 15.3. The minimum absolute atomic E-state index is 0.430. The third kappa shape index (κ3) is 2.19. The van der Waals surface area contributed by atoms with Gasteiger partial charge in [-0.1, -0.05) is 12.2 Å². The lowest BCUT2D eigenvalue weighted by atomic mass is 9.93. The van der Waals surface area contributed by atoms with Crippen molar-refractivity contribution in [2.75, 3.05) is 11.9 Å². The maximum absolute atomic E-state index is 4.64. The zero-order valence-electron chi connectivity index (χ0n) is 12.5. The van der Waals surface area contributed by atoms with Crippen LogP contribution in [0.25, 0.3) is 0 Å². The maximum Gasteiger partial charge on any atom is 0.0828 e. The van der Waals surface area contributed by atoms with E-state index in [-0.39, 0.29) is 0 Å². The summed E-state index contributed by atoms with van der Waals surface area (Å²) < 4.78 is 2.12. The van der Waals surface area contributed by atoms with Gasteiger partial charge in [0.05, 0.1) is 17.1 Å². The van der Waals surface area contributed by atoms with Crippen LogP contribution >= 0.6 is 0 Å². The average molecular weight is 259 g/mol. The Balaban J connectivity index is 1.69. The van der Waals surface area contributed by atoms with E-state index in [1.54, 1.807) is 0 Å². The van der Waals surface area contributed by atoms with Gasteiger partial charge in [-0.05, 0) is 58.3 Å². The first kappa shape index (κ1) is 12.8. The number of hydrogen-bond acceptors (Lipinski definition) is 2. The van der Waals surface area contributed by atoms with Crippen LogP contribution in [-0.2, 0) is 0 Å². The van der Waals surface area contributed by atoms with Crippen molar-refractivity contribution in [1.82, 2.24) is 9.78 Å². The Morgan fingerprint density at radius 3 is 2.63 bits per heavy atom. The molecule has 2 bridgehead atoms. The Hall–Kier alpha value is -1.25. The van der Waals surface area contributed by atoms with E-state index in [1.165, 1.54) is 24.2 Å². The molecule has 1 saturated carbocycles. The van der Waals surface area contributed by atoms with E-state index < -0.39 is 0 Å². The molecule has 2 aliphatic rings. The molecule has 0 aliphatic heterocycles. The molecule has 19 heavy (non-hydrogen) atoms. The van der Waals surface area contributed by atoms with Gasteiger partial charge in [-0.3, -0.25) is 4.68 Å². The summed E-state index contributed by atoms with van der Waals surface area (Å²) in [5.41, 5.74) is 3.65. The Kier molecular flexibility index (Phi) is 3.15. The first-order valence-corrected chi connectivity index (χ1v) is 7.54. The maximum atomic E-state index is 4.64. The summed E-state index contributed by atoms with van der Waals surface area (Å²) in [5, 5.41) is 8.31. The molecular weight excluding hydrogens is 234 g/mol. The van der Waals surface area contributed by atoms with Gasteiger partial charge in [-0.15, -0.1) is 0 Å². The monoisotopic (exact) mass is 259 g/mol. The van der Waals surface area contributed by atoms with Gasteiger partial charge in [-0.2, -0.15) is 5.10 Å². The average Bonchev–Trinajstić information content (AvgIpc) is 3.03. The van der Waals surface area contributed by atoms with Gasteiger partial charge >= 0.3 is 0 Å². The Morgan fingerprint density at radius 1 is 1.32 bits per heavy atom. The molecule has 0 saturated heterocycles. The first-order valence-electron chi connectivity index (χ1n) is 7.54. The number of rotatable bonds is 4. The Bertz CT molecular complexity index is 498. The number of aryl methyl sites for hydroxylation is 1. The highest BCUT2D eigenvalue weighted by molar-refractivity contribution is 5.52. The zero-order valence-corrected chi connectivity index (χ0v) is 12.5. The first-order chi connectivity index (χ1) is 9.06. The summed E-state index contributed by atoms with van der Waals surface area (Å²) in [6, 6.07) is 0.430. The molecule has 3 heteroatoms. The van der Waals surface area contributed by atoms with Crippen molar-refractivity contribution in [3.05, 3.63) is 23.5 Å². The van der Waals surface area contributed by atoms with E-state index in [4.69, 9.17) is 0 Å². The van der Waals surface area contributed by atoms with Crippen LogP contribution in [0.1, 0.15) is 44.1 Å². The van der Waals surface area contributed by atoms with Gasteiger partial charge < -0.3 is 5.32 Å². The molecule has 1 aromatic rings. The molecule has 1 aromatic heterocycles. The number of allylic oxidation sites excluding steroid dienone is 2. The van der Waals surface area contributed by atoms with Crippen LogP contribution < -0.4 is 5.32 Å². The minimum Gasteiger partial charge on any atom is -0.382 e. The van der Waals surface area contributed by atoms with Crippen LogP contribution in [-0.4, -0.2) is 16.3 Å². The van der Waals surface area contributed by atoms with E-state index in [1.807, 2.05) is 0 Å². The topological polar surface area (TPSA) is 29.9 Å². The number of anilines is 1. The van der Waals surface area contributed by atoms with Crippen molar-refractivity contribution < 1.29 is 0 Å². The van der Waals surface area contributed by atoms with E-state index in [2.05, 4.69) is 54.9 Å². The highest BCUT2D eigenvalue weighted by Crippen LogP contribution is 2.43. The SMILES string of the molecule is Cc1nn(C(C)C)c(C)c1NCC1CC2C=CC1C2. The van der Waals surface area contributed by atoms with Crippen LogP contribution in [0.2, 0.25) is 0 Å². The van der Waals surface area contributed by atoms with E-state index in [9.17, 15) is 0 Å². The molecule has 1 N–H and O–H groups in total. The summed E-state index contributed by atoms with van der Waals surface area (Å²) in [6.07, 6.45) is 7.59. The van der Waals surface area contributed by atoms with E-state index in [0.717, 1.165) is 30.0 Å². The van der Waals surface area contributed by atoms with Crippen molar-refractivity contribution in [3.63, 3.8) is 0 Å². The number of nitrogens with zero attached hydrogens (tertiary/aromatic N) is 2. The van der Waals surface area contributed by atoms with Gasteiger partial charge in [0.2, 0.25) is 0 Å². The number of fused-ring (bicyclic) bond motifs is 2. The van der Waals surface area contributed by atoms with Crippen molar-refractivity contribution >= 4 is 5.69 Å². The molecule has 3 atom stereocenters.